The molecule has 1 N–H and O–H groups in total. The third kappa shape index (κ3) is 4.85. The fraction of sp³-hybridized carbons (Fsp3) is 0.583. The fourth-order valence-electron chi connectivity index (χ4n) is 1.78. The molecule has 5 nitrogen and oxygen atoms in total. The molecule has 9 heteroatoms. The Morgan fingerprint density at radius 3 is 2.52 bits per heavy atom. The van der Waals surface area contributed by atoms with Crippen LogP contribution < -0.4 is 5.32 Å². The minimum absolute atomic E-state index is 0.197. The van der Waals surface area contributed by atoms with Gasteiger partial charge in [0.25, 0.3) is 10.0 Å². The van der Waals surface area contributed by atoms with Gasteiger partial charge in [-0.15, -0.1) is 0 Å². The number of anilines is 1. The molecule has 0 bridgehead atoms. The molecule has 0 fully saturated rings. The molecule has 1 aromatic rings. The maximum Gasteiger partial charge on any atom is 0.402 e. The molecular weight excluding hydrogens is 307 g/mol. The van der Waals surface area contributed by atoms with Crippen molar-refractivity contribution >= 4 is 15.7 Å². The standard InChI is InChI=1S/C12H18F3N3O2S/c1-3-8-18(9-12(13,14)15)21(19,20)11-10(16-4-2)6-5-7-17-11/h5-7,16H,3-4,8-9H2,1-2H3. The Morgan fingerprint density at radius 2 is 2.00 bits per heavy atom. The minimum atomic E-state index is -4.60. The average molecular weight is 325 g/mol. The van der Waals surface area contributed by atoms with Crippen molar-refractivity contribution in [2.45, 2.75) is 31.5 Å². The first-order chi connectivity index (χ1) is 9.72. The highest BCUT2D eigenvalue weighted by Gasteiger charge is 2.38. The number of nitrogens with one attached hydrogen (secondary N) is 1. The van der Waals surface area contributed by atoms with E-state index in [1.807, 2.05) is 0 Å². The molecule has 0 amide bonds. The third-order valence-corrected chi connectivity index (χ3v) is 4.36. The predicted molar refractivity (Wildman–Crippen MR) is 73.5 cm³/mol. The summed E-state index contributed by atoms with van der Waals surface area (Å²) in [6.45, 7) is 2.06. The molecule has 1 aromatic heterocycles. The lowest BCUT2D eigenvalue weighted by Gasteiger charge is -2.23. The van der Waals surface area contributed by atoms with Crippen molar-refractivity contribution in [3.63, 3.8) is 0 Å². The first-order valence-corrected chi connectivity index (χ1v) is 7.92. The van der Waals surface area contributed by atoms with Crippen molar-refractivity contribution in [3.8, 4) is 0 Å². The molecule has 0 aliphatic heterocycles. The van der Waals surface area contributed by atoms with Gasteiger partial charge in [-0.2, -0.15) is 17.5 Å². The first-order valence-electron chi connectivity index (χ1n) is 6.48. The Balaban J connectivity index is 3.23. The SMILES string of the molecule is CCCN(CC(F)(F)F)S(=O)(=O)c1ncccc1NCC. The first kappa shape index (κ1) is 17.7. The van der Waals surface area contributed by atoms with Crippen LogP contribution in [0.15, 0.2) is 23.4 Å². The smallest absolute Gasteiger partial charge is 0.383 e. The van der Waals surface area contributed by atoms with E-state index in [4.69, 9.17) is 0 Å². The van der Waals surface area contributed by atoms with E-state index in [-0.39, 0.29) is 23.7 Å². The molecule has 0 radical (unpaired) electrons. The Hall–Kier alpha value is -1.35. The van der Waals surface area contributed by atoms with Crippen LogP contribution in [-0.4, -0.2) is 43.5 Å². The predicted octanol–water partition coefficient (Wildman–Crippen LogP) is 2.48. The molecule has 0 spiro atoms. The molecule has 1 rings (SSSR count). The maximum atomic E-state index is 12.6. The zero-order valence-electron chi connectivity index (χ0n) is 11.8. The monoisotopic (exact) mass is 325 g/mol. The van der Waals surface area contributed by atoms with Crippen LogP contribution in [0.25, 0.3) is 0 Å². The zero-order chi connectivity index (χ0) is 16.1. The van der Waals surface area contributed by atoms with Crippen molar-refractivity contribution in [1.29, 1.82) is 0 Å². The zero-order valence-corrected chi connectivity index (χ0v) is 12.6. The highest BCUT2D eigenvalue weighted by Crippen LogP contribution is 2.25. The van der Waals surface area contributed by atoms with Crippen LogP contribution in [0, 0.1) is 0 Å². The Kier molecular flexibility index (Phi) is 5.97. The van der Waals surface area contributed by atoms with E-state index in [9.17, 15) is 21.6 Å². The van der Waals surface area contributed by atoms with Crippen molar-refractivity contribution in [2.75, 3.05) is 25.0 Å². The summed E-state index contributed by atoms with van der Waals surface area (Å²) in [7, 11) is -4.31. The van der Waals surface area contributed by atoms with Gasteiger partial charge in [0.1, 0.15) is 6.54 Å². The molecule has 21 heavy (non-hydrogen) atoms. The maximum absolute atomic E-state index is 12.6. The van der Waals surface area contributed by atoms with E-state index in [2.05, 4.69) is 10.3 Å². The number of halogens is 3. The van der Waals surface area contributed by atoms with Gasteiger partial charge in [0.15, 0.2) is 5.03 Å². The van der Waals surface area contributed by atoms with Crippen molar-refractivity contribution < 1.29 is 21.6 Å². The summed E-state index contributed by atoms with van der Waals surface area (Å²) in [6.07, 6.45) is -3.08. The van der Waals surface area contributed by atoms with Crippen LogP contribution in [0.5, 0.6) is 0 Å². The van der Waals surface area contributed by atoms with Gasteiger partial charge in [-0.25, -0.2) is 13.4 Å². The minimum Gasteiger partial charge on any atom is -0.383 e. The summed E-state index contributed by atoms with van der Waals surface area (Å²) in [6, 6.07) is 2.99. The topological polar surface area (TPSA) is 62.3 Å². The molecular formula is C12H18F3N3O2S. The second-order valence-electron chi connectivity index (χ2n) is 4.34. The highest BCUT2D eigenvalue weighted by molar-refractivity contribution is 7.89. The highest BCUT2D eigenvalue weighted by atomic mass is 32.2. The normalized spacial score (nSPS) is 12.7. The van der Waals surface area contributed by atoms with Crippen LogP contribution in [0.2, 0.25) is 0 Å². The summed E-state index contributed by atoms with van der Waals surface area (Å²) >= 11 is 0. The van der Waals surface area contributed by atoms with E-state index in [1.165, 1.54) is 18.3 Å². The van der Waals surface area contributed by atoms with Gasteiger partial charge >= 0.3 is 6.18 Å². The van der Waals surface area contributed by atoms with Gasteiger partial charge in [0.2, 0.25) is 0 Å². The van der Waals surface area contributed by atoms with Crippen LogP contribution in [-0.2, 0) is 10.0 Å². The van der Waals surface area contributed by atoms with Crippen LogP contribution in [0.1, 0.15) is 20.3 Å². The lowest BCUT2D eigenvalue weighted by molar-refractivity contribution is -0.136. The molecule has 0 aliphatic rings. The molecule has 1 heterocycles. The summed E-state index contributed by atoms with van der Waals surface area (Å²) in [4.78, 5) is 3.74. The number of nitrogens with zero attached hydrogens (tertiary/aromatic N) is 2. The summed E-state index contributed by atoms with van der Waals surface area (Å²) in [5.41, 5.74) is 0.197. The lowest BCUT2D eigenvalue weighted by atomic mass is 10.4. The van der Waals surface area contributed by atoms with E-state index in [0.717, 1.165) is 0 Å². The molecule has 0 saturated carbocycles. The summed E-state index contributed by atoms with van der Waals surface area (Å²) in [5.74, 6) is 0. The van der Waals surface area contributed by atoms with E-state index >= 15 is 0 Å². The summed E-state index contributed by atoms with van der Waals surface area (Å²) in [5, 5.41) is 2.41. The van der Waals surface area contributed by atoms with Gasteiger partial charge in [-0.3, -0.25) is 0 Å². The Morgan fingerprint density at radius 1 is 1.33 bits per heavy atom. The molecule has 0 aliphatic carbocycles. The van der Waals surface area contributed by atoms with Gasteiger partial charge in [0.05, 0.1) is 5.69 Å². The van der Waals surface area contributed by atoms with Crippen molar-refractivity contribution in [1.82, 2.24) is 9.29 Å². The third-order valence-electron chi connectivity index (χ3n) is 2.55. The molecule has 120 valence electrons. The van der Waals surface area contributed by atoms with E-state index < -0.39 is 22.7 Å². The van der Waals surface area contributed by atoms with Gasteiger partial charge in [-0.05, 0) is 25.5 Å². The number of pyridine rings is 1. The largest absolute Gasteiger partial charge is 0.402 e. The van der Waals surface area contributed by atoms with Gasteiger partial charge in [-0.1, -0.05) is 6.92 Å². The lowest BCUT2D eigenvalue weighted by Crippen LogP contribution is -2.40. The number of alkyl halides is 3. The second kappa shape index (κ2) is 7.08. The number of sulfonamides is 1. The van der Waals surface area contributed by atoms with Crippen molar-refractivity contribution in [3.05, 3.63) is 18.3 Å². The van der Waals surface area contributed by atoms with Gasteiger partial charge < -0.3 is 5.32 Å². The van der Waals surface area contributed by atoms with Crippen molar-refractivity contribution in [2.24, 2.45) is 0 Å². The fourth-order valence-corrected chi connectivity index (χ4v) is 3.37. The Labute approximate surface area is 122 Å². The number of rotatable bonds is 7. The van der Waals surface area contributed by atoms with Gasteiger partial charge in [0, 0.05) is 19.3 Å². The summed E-state index contributed by atoms with van der Waals surface area (Å²) < 4.78 is 63.0. The average Bonchev–Trinajstić information content (AvgIpc) is 2.37. The van der Waals surface area contributed by atoms with Crippen LogP contribution in [0.3, 0.4) is 0 Å². The quantitative estimate of drug-likeness (QED) is 0.836. The van der Waals surface area contributed by atoms with E-state index in [1.54, 1.807) is 13.8 Å². The molecule has 0 unspecified atom stereocenters. The number of aromatic nitrogens is 1. The van der Waals surface area contributed by atoms with E-state index in [0.29, 0.717) is 10.8 Å². The number of hydrogen-bond acceptors (Lipinski definition) is 4. The van der Waals surface area contributed by atoms with Crippen LogP contribution >= 0.6 is 0 Å². The second-order valence-corrected chi connectivity index (χ2v) is 6.19. The Bertz CT molecular complexity index is 561. The molecule has 0 atom stereocenters. The molecule has 0 saturated heterocycles. The molecule has 0 aromatic carbocycles. The van der Waals surface area contributed by atoms with Crippen LogP contribution in [0.4, 0.5) is 18.9 Å². The number of hydrogen-bond donors (Lipinski definition) is 1.